The van der Waals surface area contributed by atoms with E-state index in [1.54, 1.807) is 0 Å². The summed E-state index contributed by atoms with van der Waals surface area (Å²) in [6.45, 7) is 8.75. The lowest BCUT2D eigenvalue weighted by atomic mass is 9.68. The zero-order valence-corrected chi connectivity index (χ0v) is 19.1. The number of Topliss-reactive ketones (excluding diaryl/α,β-unsaturated/α-hetero) is 1. The molecule has 2 aromatic carbocycles. The Labute approximate surface area is 189 Å². The van der Waals surface area contributed by atoms with Crippen molar-refractivity contribution >= 4 is 11.5 Å². The van der Waals surface area contributed by atoms with Crippen LogP contribution in [0.2, 0.25) is 0 Å². The number of benzene rings is 2. The molecule has 0 fully saturated rings. The molecule has 32 heavy (non-hydrogen) atoms. The van der Waals surface area contributed by atoms with E-state index in [1.807, 2.05) is 67.3 Å². The molecule has 1 heterocycles. The third-order valence-electron chi connectivity index (χ3n) is 6.17. The van der Waals surface area contributed by atoms with Gasteiger partial charge >= 0.3 is 0 Å². The Balaban J connectivity index is 1.94. The largest absolute Gasteiger partial charge is 0.494 e. The molecule has 0 amide bonds. The number of allylic oxidation sites excluding steroid dienone is 3. The van der Waals surface area contributed by atoms with E-state index in [9.17, 15) is 10.1 Å². The number of nitrogens with zero attached hydrogens (tertiary/aromatic N) is 2. The molecule has 0 spiro atoms. The summed E-state index contributed by atoms with van der Waals surface area (Å²) in [4.78, 5) is 15.4. The number of nitriles is 1. The number of anilines is 1. The van der Waals surface area contributed by atoms with Crippen LogP contribution in [0.1, 0.15) is 50.7 Å². The van der Waals surface area contributed by atoms with Crippen LogP contribution in [0, 0.1) is 23.7 Å². The van der Waals surface area contributed by atoms with Crippen LogP contribution in [0.15, 0.2) is 71.2 Å². The zero-order valence-electron chi connectivity index (χ0n) is 19.1. The van der Waals surface area contributed by atoms with Crippen LogP contribution >= 0.6 is 0 Å². The first-order valence-corrected chi connectivity index (χ1v) is 11.0. The first-order chi connectivity index (χ1) is 15.3. The normalized spacial score (nSPS) is 20.2. The minimum absolute atomic E-state index is 0.0769. The number of hydrogen-bond donors (Lipinski definition) is 1. The van der Waals surface area contributed by atoms with Crippen LogP contribution in [0.25, 0.3) is 0 Å². The highest BCUT2D eigenvalue weighted by Crippen LogP contribution is 2.50. The predicted octanol–water partition coefficient (Wildman–Crippen LogP) is 5.33. The standard InChI is InChI=1S/C27H29N3O2/c1-5-32-20-11-9-18(10-12-20)24-21(16-28)26(29)30(19-8-6-7-17(2)13-19)22-14-27(3,4)15-23(31)25(22)24/h6-13,24H,5,14-15,29H2,1-4H3/t24-/m1/s1. The molecule has 0 unspecified atom stereocenters. The summed E-state index contributed by atoms with van der Waals surface area (Å²) >= 11 is 0. The quantitative estimate of drug-likeness (QED) is 0.713. The number of ether oxygens (including phenoxy) is 1. The monoisotopic (exact) mass is 427 g/mol. The van der Waals surface area contributed by atoms with Crippen molar-refractivity contribution in [2.75, 3.05) is 11.5 Å². The second-order valence-corrected chi connectivity index (χ2v) is 9.32. The van der Waals surface area contributed by atoms with Gasteiger partial charge in [0.2, 0.25) is 0 Å². The third-order valence-corrected chi connectivity index (χ3v) is 6.17. The van der Waals surface area contributed by atoms with Crippen molar-refractivity contribution in [2.45, 2.75) is 46.5 Å². The lowest BCUT2D eigenvalue weighted by Gasteiger charge is -2.43. The third kappa shape index (κ3) is 3.78. The van der Waals surface area contributed by atoms with E-state index in [0.29, 0.717) is 36.4 Å². The summed E-state index contributed by atoms with van der Waals surface area (Å²) in [5, 5.41) is 10.2. The summed E-state index contributed by atoms with van der Waals surface area (Å²) in [6.07, 6.45) is 1.15. The molecule has 1 aliphatic carbocycles. The Kier molecular flexibility index (Phi) is 5.56. The molecule has 5 heteroatoms. The van der Waals surface area contributed by atoms with E-state index < -0.39 is 5.92 Å². The first-order valence-electron chi connectivity index (χ1n) is 11.0. The fourth-order valence-electron chi connectivity index (χ4n) is 4.83. The van der Waals surface area contributed by atoms with E-state index in [1.165, 1.54) is 0 Å². The van der Waals surface area contributed by atoms with Crippen LogP contribution in [0.5, 0.6) is 5.75 Å². The van der Waals surface area contributed by atoms with Crippen molar-refractivity contribution in [3.63, 3.8) is 0 Å². The molecule has 2 aliphatic rings. The van der Waals surface area contributed by atoms with Crippen molar-refractivity contribution in [3.8, 4) is 11.8 Å². The van der Waals surface area contributed by atoms with Crippen LogP contribution in [0.3, 0.4) is 0 Å². The van der Waals surface area contributed by atoms with Crippen molar-refractivity contribution in [1.82, 2.24) is 0 Å². The molecule has 0 aromatic heterocycles. The van der Waals surface area contributed by atoms with E-state index in [2.05, 4.69) is 19.9 Å². The van der Waals surface area contributed by atoms with Gasteiger partial charge < -0.3 is 10.5 Å². The second kappa shape index (κ2) is 8.20. The average Bonchev–Trinajstić information content (AvgIpc) is 2.73. The predicted molar refractivity (Wildman–Crippen MR) is 126 cm³/mol. The molecule has 0 radical (unpaired) electrons. The topological polar surface area (TPSA) is 79.3 Å². The Bertz CT molecular complexity index is 1170. The van der Waals surface area contributed by atoms with E-state index in [0.717, 1.165) is 28.3 Å². The van der Waals surface area contributed by atoms with Gasteiger partial charge in [-0.25, -0.2) is 0 Å². The van der Waals surface area contributed by atoms with Gasteiger partial charge in [-0.2, -0.15) is 5.26 Å². The highest BCUT2D eigenvalue weighted by atomic mass is 16.5. The molecule has 4 rings (SSSR count). The van der Waals surface area contributed by atoms with Gasteiger partial charge in [-0.3, -0.25) is 9.69 Å². The summed E-state index contributed by atoms with van der Waals surface area (Å²) in [5.41, 5.74) is 11.3. The molecule has 1 atom stereocenters. The Morgan fingerprint density at radius 1 is 1.19 bits per heavy atom. The highest BCUT2D eigenvalue weighted by Gasteiger charge is 2.44. The summed E-state index contributed by atoms with van der Waals surface area (Å²) < 4.78 is 5.57. The number of ketones is 1. The number of carbonyl (C=O) groups excluding carboxylic acids is 1. The molecule has 164 valence electrons. The molecule has 1 aliphatic heterocycles. The molecule has 0 bridgehead atoms. The number of hydrogen-bond acceptors (Lipinski definition) is 5. The zero-order chi connectivity index (χ0) is 23.0. The maximum absolute atomic E-state index is 13.5. The maximum Gasteiger partial charge on any atom is 0.162 e. The molecule has 0 saturated carbocycles. The number of rotatable bonds is 4. The molecular weight excluding hydrogens is 398 g/mol. The summed E-state index contributed by atoms with van der Waals surface area (Å²) in [7, 11) is 0. The molecular formula is C27H29N3O2. The molecule has 5 nitrogen and oxygen atoms in total. The van der Waals surface area contributed by atoms with Crippen LogP contribution in [-0.2, 0) is 4.79 Å². The van der Waals surface area contributed by atoms with Gasteiger partial charge in [-0.15, -0.1) is 0 Å². The Morgan fingerprint density at radius 2 is 1.91 bits per heavy atom. The lowest BCUT2D eigenvalue weighted by molar-refractivity contribution is -0.118. The Morgan fingerprint density at radius 3 is 2.53 bits per heavy atom. The first kappa shape index (κ1) is 21.7. The Hall–Kier alpha value is -3.52. The minimum atomic E-state index is -0.477. The summed E-state index contributed by atoms with van der Waals surface area (Å²) in [6, 6.07) is 18.0. The number of carbonyl (C=O) groups is 1. The fraction of sp³-hybridized carbons (Fsp3) is 0.333. The van der Waals surface area contributed by atoms with E-state index >= 15 is 0 Å². The second-order valence-electron chi connectivity index (χ2n) is 9.32. The SMILES string of the molecule is CCOc1ccc([C@@H]2C(C#N)=C(N)N(c3cccc(C)c3)C3=C2C(=O)CC(C)(C)C3)cc1. The van der Waals surface area contributed by atoms with Crippen molar-refractivity contribution in [2.24, 2.45) is 11.1 Å². The fourth-order valence-corrected chi connectivity index (χ4v) is 4.83. The van der Waals surface area contributed by atoms with Gasteiger partial charge in [-0.1, -0.05) is 38.1 Å². The highest BCUT2D eigenvalue weighted by molar-refractivity contribution is 6.01. The van der Waals surface area contributed by atoms with Gasteiger partial charge in [0.15, 0.2) is 5.78 Å². The van der Waals surface area contributed by atoms with Crippen LogP contribution < -0.4 is 15.4 Å². The van der Waals surface area contributed by atoms with Crippen molar-refractivity contribution < 1.29 is 9.53 Å². The van der Waals surface area contributed by atoms with Gasteiger partial charge in [0.25, 0.3) is 0 Å². The van der Waals surface area contributed by atoms with Crippen LogP contribution in [0.4, 0.5) is 5.69 Å². The van der Waals surface area contributed by atoms with Gasteiger partial charge in [0.1, 0.15) is 11.6 Å². The van der Waals surface area contributed by atoms with Crippen molar-refractivity contribution in [3.05, 3.63) is 82.3 Å². The van der Waals surface area contributed by atoms with Crippen LogP contribution in [-0.4, -0.2) is 12.4 Å². The molecule has 2 aromatic rings. The molecule has 0 saturated heterocycles. The number of nitrogens with two attached hydrogens (primary N) is 1. The van der Waals surface area contributed by atoms with E-state index in [4.69, 9.17) is 10.5 Å². The van der Waals surface area contributed by atoms with Gasteiger partial charge in [0, 0.05) is 23.4 Å². The van der Waals surface area contributed by atoms with E-state index in [-0.39, 0.29) is 11.2 Å². The summed E-state index contributed by atoms with van der Waals surface area (Å²) in [5.74, 6) is 0.749. The van der Waals surface area contributed by atoms with Gasteiger partial charge in [0.05, 0.1) is 24.2 Å². The average molecular weight is 428 g/mol. The lowest BCUT2D eigenvalue weighted by Crippen LogP contribution is -2.42. The molecule has 2 N–H and O–H groups in total. The maximum atomic E-state index is 13.5. The minimum Gasteiger partial charge on any atom is -0.494 e. The number of aryl methyl sites for hydroxylation is 1. The van der Waals surface area contributed by atoms with Crippen molar-refractivity contribution in [1.29, 1.82) is 5.26 Å². The smallest absolute Gasteiger partial charge is 0.162 e. The van der Waals surface area contributed by atoms with Gasteiger partial charge in [-0.05, 0) is 61.1 Å².